The molecule has 3 rings (SSSR count). The number of sulfonamides is 1. The molecular weight excluding hydrogens is 302 g/mol. The molecular formula is C15H21N3O3S. The van der Waals surface area contributed by atoms with Crippen LogP contribution in [0.3, 0.4) is 0 Å². The van der Waals surface area contributed by atoms with Gasteiger partial charge in [-0.3, -0.25) is 0 Å². The highest BCUT2D eigenvalue weighted by Gasteiger charge is 2.28. The predicted octanol–water partition coefficient (Wildman–Crippen LogP) is 1.76. The van der Waals surface area contributed by atoms with Gasteiger partial charge in [-0.2, -0.15) is 0 Å². The van der Waals surface area contributed by atoms with Crippen LogP contribution in [-0.2, 0) is 15.8 Å². The second-order valence-corrected chi connectivity index (χ2v) is 7.64. The number of para-hydroxylation sites is 1. The molecule has 120 valence electrons. The van der Waals surface area contributed by atoms with Crippen LogP contribution in [0.15, 0.2) is 28.8 Å². The molecule has 6 nitrogen and oxygen atoms in total. The third kappa shape index (κ3) is 3.31. The normalized spacial score (nSPS) is 23.0. The standard InChI is InChI=1S/C15H21N3O3S/c16-9-11-5-1-3-7-13(11)18-22(19,20)10-14-12-6-2-4-8-15(12)21-17-14/h2,4,6,8,11,13,18H,1,3,5,7,9-10,16H2. The van der Waals surface area contributed by atoms with Crippen LogP contribution in [0, 0.1) is 5.92 Å². The van der Waals surface area contributed by atoms with Crippen LogP contribution >= 0.6 is 0 Å². The number of rotatable bonds is 5. The molecule has 1 saturated carbocycles. The lowest BCUT2D eigenvalue weighted by Crippen LogP contribution is -2.45. The molecule has 3 N–H and O–H groups in total. The smallest absolute Gasteiger partial charge is 0.217 e. The van der Waals surface area contributed by atoms with Gasteiger partial charge in [0.2, 0.25) is 10.0 Å². The van der Waals surface area contributed by atoms with Gasteiger partial charge in [-0.05, 0) is 37.4 Å². The first-order valence-corrected chi connectivity index (χ1v) is 9.27. The first-order valence-electron chi connectivity index (χ1n) is 7.62. The highest BCUT2D eigenvalue weighted by Crippen LogP contribution is 2.25. The van der Waals surface area contributed by atoms with Gasteiger partial charge < -0.3 is 10.3 Å². The molecule has 0 bridgehead atoms. The van der Waals surface area contributed by atoms with Crippen molar-refractivity contribution in [3.63, 3.8) is 0 Å². The Balaban J connectivity index is 1.75. The van der Waals surface area contributed by atoms with Crippen LogP contribution < -0.4 is 10.5 Å². The summed E-state index contributed by atoms with van der Waals surface area (Å²) in [7, 11) is -3.47. The largest absolute Gasteiger partial charge is 0.356 e. The lowest BCUT2D eigenvalue weighted by molar-refractivity contribution is 0.296. The minimum absolute atomic E-state index is 0.0677. The van der Waals surface area contributed by atoms with E-state index in [4.69, 9.17) is 10.3 Å². The molecule has 1 aliphatic carbocycles. The molecule has 1 aliphatic rings. The molecule has 22 heavy (non-hydrogen) atoms. The third-order valence-corrected chi connectivity index (χ3v) is 5.64. The van der Waals surface area contributed by atoms with E-state index in [2.05, 4.69) is 9.88 Å². The van der Waals surface area contributed by atoms with E-state index in [1.165, 1.54) is 0 Å². The number of fused-ring (bicyclic) bond motifs is 1. The lowest BCUT2D eigenvalue weighted by Gasteiger charge is -2.30. The zero-order chi connectivity index (χ0) is 15.6. The number of nitrogens with one attached hydrogen (secondary N) is 1. The van der Waals surface area contributed by atoms with Crippen LogP contribution in [0.25, 0.3) is 11.0 Å². The molecule has 0 spiro atoms. The summed E-state index contributed by atoms with van der Waals surface area (Å²) in [6.45, 7) is 0.514. The van der Waals surface area contributed by atoms with Gasteiger partial charge in [0.15, 0.2) is 5.58 Å². The Hall–Kier alpha value is -1.44. The van der Waals surface area contributed by atoms with Crippen molar-refractivity contribution in [1.82, 2.24) is 9.88 Å². The van der Waals surface area contributed by atoms with Crippen LogP contribution in [0.2, 0.25) is 0 Å². The summed E-state index contributed by atoms with van der Waals surface area (Å²) in [5.74, 6) is 0.0511. The molecule has 1 aromatic carbocycles. The van der Waals surface area contributed by atoms with Crippen molar-refractivity contribution >= 4 is 21.0 Å². The molecule has 2 aromatic rings. The van der Waals surface area contributed by atoms with Crippen molar-refractivity contribution in [1.29, 1.82) is 0 Å². The van der Waals surface area contributed by atoms with Gasteiger partial charge in [0.05, 0.1) is 0 Å². The summed E-state index contributed by atoms with van der Waals surface area (Å²) in [5.41, 5.74) is 6.81. The first kappa shape index (κ1) is 15.5. The number of benzene rings is 1. The monoisotopic (exact) mass is 323 g/mol. The topological polar surface area (TPSA) is 98.2 Å². The van der Waals surface area contributed by atoms with Crippen LogP contribution in [0.5, 0.6) is 0 Å². The van der Waals surface area contributed by atoms with Gasteiger partial charge in [0.25, 0.3) is 0 Å². The summed E-state index contributed by atoms with van der Waals surface area (Å²) >= 11 is 0. The van der Waals surface area contributed by atoms with Gasteiger partial charge in [-0.25, -0.2) is 13.1 Å². The first-order chi connectivity index (χ1) is 10.6. The minimum atomic E-state index is -3.47. The Bertz CT molecular complexity index is 741. The summed E-state index contributed by atoms with van der Waals surface area (Å²) in [6, 6.07) is 7.20. The number of aromatic nitrogens is 1. The molecule has 2 atom stereocenters. The number of nitrogens with zero attached hydrogens (tertiary/aromatic N) is 1. The van der Waals surface area contributed by atoms with Crippen molar-refractivity contribution in [2.75, 3.05) is 6.54 Å². The van der Waals surface area contributed by atoms with Crippen molar-refractivity contribution in [3.05, 3.63) is 30.0 Å². The second-order valence-electron chi connectivity index (χ2n) is 5.89. The molecule has 0 radical (unpaired) electrons. The fourth-order valence-corrected chi connectivity index (χ4v) is 4.56. The molecule has 1 heterocycles. The van der Waals surface area contributed by atoms with E-state index in [-0.39, 0.29) is 17.7 Å². The quantitative estimate of drug-likeness (QED) is 0.873. The Morgan fingerprint density at radius 2 is 2.05 bits per heavy atom. The summed E-state index contributed by atoms with van der Waals surface area (Å²) in [5, 5.41) is 4.64. The maximum Gasteiger partial charge on any atom is 0.217 e. The van der Waals surface area contributed by atoms with E-state index in [0.717, 1.165) is 31.1 Å². The summed E-state index contributed by atoms with van der Waals surface area (Å²) in [6.07, 6.45) is 3.99. The lowest BCUT2D eigenvalue weighted by atomic mass is 9.85. The fourth-order valence-electron chi connectivity index (χ4n) is 3.14. The molecule has 2 unspecified atom stereocenters. The molecule has 7 heteroatoms. The van der Waals surface area contributed by atoms with Crippen LogP contribution in [0.4, 0.5) is 0 Å². The van der Waals surface area contributed by atoms with Crippen molar-refractivity contribution < 1.29 is 12.9 Å². The highest BCUT2D eigenvalue weighted by molar-refractivity contribution is 7.88. The predicted molar refractivity (Wildman–Crippen MR) is 84.6 cm³/mol. The zero-order valence-electron chi connectivity index (χ0n) is 12.4. The van der Waals surface area contributed by atoms with Crippen molar-refractivity contribution in [2.24, 2.45) is 11.7 Å². The summed E-state index contributed by atoms with van der Waals surface area (Å²) in [4.78, 5) is 0. The molecule has 0 aliphatic heterocycles. The SMILES string of the molecule is NCC1CCCCC1NS(=O)(=O)Cc1noc2ccccc12. The average molecular weight is 323 g/mol. The Kier molecular flexibility index (Phi) is 4.46. The minimum Gasteiger partial charge on any atom is -0.356 e. The van der Waals surface area contributed by atoms with Gasteiger partial charge in [0, 0.05) is 11.4 Å². The van der Waals surface area contributed by atoms with E-state index in [1.807, 2.05) is 18.2 Å². The zero-order valence-corrected chi connectivity index (χ0v) is 13.2. The van der Waals surface area contributed by atoms with Crippen LogP contribution in [-0.4, -0.2) is 26.2 Å². The van der Waals surface area contributed by atoms with E-state index in [9.17, 15) is 8.42 Å². The highest BCUT2D eigenvalue weighted by atomic mass is 32.2. The van der Waals surface area contributed by atoms with E-state index < -0.39 is 10.0 Å². The van der Waals surface area contributed by atoms with E-state index in [1.54, 1.807) is 6.07 Å². The van der Waals surface area contributed by atoms with Crippen molar-refractivity contribution in [2.45, 2.75) is 37.5 Å². The molecule has 1 fully saturated rings. The van der Waals surface area contributed by atoms with Crippen LogP contribution in [0.1, 0.15) is 31.4 Å². The maximum absolute atomic E-state index is 12.4. The number of nitrogens with two attached hydrogens (primary N) is 1. The Morgan fingerprint density at radius 1 is 1.27 bits per heavy atom. The van der Waals surface area contributed by atoms with Gasteiger partial charge in [-0.1, -0.05) is 30.1 Å². The van der Waals surface area contributed by atoms with Gasteiger partial charge in [0.1, 0.15) is 11.4 Å². The number of hydrogen-bond donors (Lipinski definition) is 2. The summed E-state index contributed by atoms with van der Waals surface area (Å²) < 4.78 is 32.9. The molecule has 1 aromatic heterocycles. The molecule has 0 amide bonds. The van der Waals surface area contributed by atoms with Gasteiger partial charge >= 0.3 is 0 Å². The van der Waals surface area contributed by atoms with Gasteiger partial charge in [-0.15, -0.1) is 0 Å². The average Bonchev–Trinajstić information content (AvgIpc) is 2.90. The third-order valence-electron chi connectivity index (χ3n) is 4.32. The molecule has 0 saturated heterocycles. The maximum atomic E-state index is 12.4. The van der Waals surface area contributed by atoms with Crippen molar-refractivity contribution in [3.8, 4) is 0 Å². The second kappa shape index (κ2) is 6.36. The Labute approximate surface area is 130 Å². The van der Waals surface area contributed by atoms with E-state index in [0.29, 0.717) is 17.8 Å². The van der Waals surface area contributed by atoms with E-state index >= 15 is 0 Å². The fraction of sp³-hybridized carbons (Fsp3) is 0.533. The number of hydrogen-bond acceptors (Lipinski definition) is 5. The Morgan fingerprint density at radius 3 is 2.86 bits per heavy atom.